The Kier molecular flexibility index (Phi) is 12.5. The Labute approximate surface area is 447 Å². The maximum atomic E-state index is 2.51. The first-order valence-corrected chi connectivity index (χ1v) is 26.8. The zero-order valence-electron chi connectivity index (χ0n) is 42.5. The molecule has 2 aliphatic carbocycles. The average molecular weight is 979 g/mol. The van der Waals surface area contributed by atoms with Crippen LogP contribution in [0.4, 0.5) is 68.2 Å². The molecule has 1 spiro atoms. The van der Waals surface area contributed by atoms with E-state index in [-0.39, 0.29) is 5.41 Å². The molecule has 0 unspecified atom stereocenters. The van der Waals surface area contributed by atoms with Crippen LogP contribution in [0.15, 0.2) is 291 Å². The first-order chi connectivity index (χ1) is 37.7. The predicted octanol–water partition coefficient (Wildman–Crippen LogP) is 20.5. The van der Waals surface area contributed by atoms with Gasteiger partial charge in [0, 0.05) is 73.7 Å². The summed E-state index contributed by atoms with van der Waals surface area (Å²) in [5.41, 5.74) is 21.5. The van der Waals surface area contributed by atoms with E-state index in [0.717, 1.165) is 73.7 Å². The molecule has 4 heteroatoms. The van der Waals surface area contributed by atoms with E-state index < -0.39 is 0 Å². The molecule has 1 saturated carbocycles. The zero-order valence-corrected chi connectivity index (χ0v) is 42.5. The van der Waals surface area contributed by atoms with Gasteiger partial charge in [0.1, 0.15) is 0 Å². The highest BCUT2D eigenvalue weighted by Gasteiger charge is 2.44. The van der Waals surface area contributed by atoms with E-state index in [4.69, 9.17) is 0 Å². The van der Waals surface area contributed by atoms with Crippen LogP contribution in [-0.2, 0) is 5.41 Å². The van der Waals surface area contributed by atoms with Gasteiger partial charge in [0.2, 0.25) is 0 Å². The van der Waals surface area contributed by atoms with E-state index in [1.165, 1.54) is 60.0 Å². The second kappa shape index (κ2) is 20.5. The summed E-state index contributed by atoms with van der Waals surface area (Å²) in [5, 5.41) is 0. The number of para-hydroxylation sites is 5. The molecule has 0 N–H and O–H groups in total. The van der Waals surface area contributed by atoms with Crippen molar-refractivity contribution in [3.05, 3.63) is 302 Å². The number of rotatable bonds is 13. The monoisotopic (exact) mass is 978 g/mol. The third-order valence-corrected chi connectivity index (χ3v) is 15.6. The molecule has 0 aromatic heterocycles. The number of hydrogen-bond acceptors (Lipinski definition) is 4. The lowest BCUT2D eigenvalue weighted by Crippen LogP contribution is -2.28. The quantitative estimate of drug-likeness (QED) is 0.114. The molecule has 76 heavy (non-hydrogen) atoms. The van der Waals surface area contributed by atoms with Crippen LogP contribution in [0.2, 0.25) is 0 Å². The highest BCUT2D eigenvalue weighted by Crippen LogP contribution is 2.57. The van der Waals surface area contributed by atoms with Crippen molar-refractivity contribution in [2.75, 3.05) is 19.6 Å². The van der Waals surface area contributed by atoms with Crippen LogP contribution in [-0.4, -0.2) is 0 Å². The molecule has 11 aromatic carbocycles. The predicted molar refractivity (Wildman–Crippen MR) is 320 cm³/mol. The van der Waals surface area contributed by atoms with Gasteiger partial charge in [-0.05, 0) is 192 Å². The number of nitrogens with zero attached hydrogens (tertiary/aromatic N) is 4. The van der Waals surface area contributed by atoms with Gasteiger partial charge < -0.3 is 19.6 Å². The van der Waals surface area contributed by atoms with Gasteiger partial charge in [-0.15, -0.1) is 0 Å². The molecule has 13 rings (SSSR count). The molecule has 0 aliphatic heterocycles. The van der Waals surface area contributed by atoms with Crippen LogP contribution in [0.3, 0.4) is 0 Å². The summed E-state index contributed by atoms with van der Waals surface area (Å²) in [6.07, 6.45) is 6.27. The topological polar surface area (TPSA) is 13.0 Å². The van der Waals surface area contributed by atoms with Gasteiger partial charge in [0.25, 0.3) is 0 Å². The summed E-state index contributed by atoms with van der Waals surface area (Å²) in [6, 6.07) is 106. The standard InChI is InChI=1S/C72H58N4/c1-7-21-56(22-8-1)73(57-23-9-2-10-24-57)63-41-43-64(44-42-63)74(58-25-11-3-12-26-58)61-37-33-54(34-38-61)55-35-39-62(40-36-55)75(59-27-13-4-14-28-59)65-45-47-66(48-46-65)76(60-29-15-5-16-30-60)67-49-50-69-68-31-17-18-32-70(68)72(71(69)53-67)51-19-6-20-52-72/h1-5,7-18,21-50,53H,6,19-20,51-52H2. The second-order valence-electron chi connectivity index (χ2n) is 20.1. The fourth-order valence-electron chi connectivity index (χ4n) is 12.1. The molecule has 0 heterocycles. The number of fused-ring (bicyclic) bond motifs is 5. The summed E-state index contributed by atoms with van der Waals surface area (Å²) >= 11 is 0. The van der Waals surface area contributed by atoms with Gasteiger partial charge in [0.05, 0.1) is 0 Å². The fourth-order valence-corrected chi connectivity index (χ4v) is 12.1. The van der Waals surface area contributed by atoms with Gasteiger partial charge in [0.15, 0.2) is 0 Å². The largest absolute Gasteiger partial charge is 0.311 e. The lowest BCUT2D eigenvalue weighted by molar-refractivity contribution is 0.353. The van der Waals surface area contributed by atoms with E-state index in [1.807, 2.05) is 0 Å². The molecular formula is C72H58N4. The van der Waals surface area contributed by atoms with E-state index in [0.29, 0.717) is 0 Å². The smallest absolute Gasteiger partial charge is 0.0465 e. The van der Waals surface area contributed by atoms with E-state index in [2.05, 4.69) is 311 Å². The van der Waals surface area contributed by atoms with Crippen LogP contribution >= 0.6 is 0 Å². The first kappa shape index (κ1) is 46.4. The van der Waals surface area contributed by atoms with Crippen molar-refractivity contribution in [3.63, 3.8) is 0 Å². The number of anilines is 12. The average Bonchev–Trinajstić information content (AvgIpc) is 3.94. The van der Waals surface area contributed by atoms with Crippen molar-refractivity contribution in [2.45, 2.75) is 37.5 Å². The van der Waals surface area contributed by atoms with Crippen LogP contribution < -0.4 is 19.6 Å². The third kappa shape index (κ3) is 8.78. The molecule has 0 radical (unpaired) electrons. The molecule has 4 nitrogen and oxygen atoms in total. The van der Waals surface area contributed by atoms with E-state index >= 15 is 0 Å². The molecule has 0 amide bonds. The maximum absolute atomic E-state index is 2.51. The van der Waals surface area contributed by atoms with Crippen LogP contribution in [0.1, 0.15) is 43.2 Å². The van der Waals surface area contributed by atoms with Crippen molar-refractivity contribution in [2.24, 2.45) is 0 Å². The summed E-state index contributed by atoms with van der Waals surface area (Å²) in [7, 11) is 0. The summed E-state index contributed by atoms with van der Waals surface area (Å²) in [5.74, 6) is 0. The molecular weight excluding hydrogens is 921 g/mol. The molecule has 2 aliphatic rings. The Morgan fingerprint density at radius 1 is 0.211 bits per heavy atom. The van der Waals surface area contributed by atoms with E-state index in [9.17, 15) is 0 Å². The van der Waals surface area contributed by atoms with Crippen molar-refractivity contribution < 1.29 is 0 Å². The Hall–Kier alpha value is -9.38. The Balaban J connectivity index is 0.794. The maximum Gasteiger partial charge on any atom is 0.0465 e. The summed E-state index contributed by atoms with van der Waals surface area (Å²) in [4.78, 5) is 9.40. The third-order valence-electron chi connectivity index (χ3n) is 15.6. The normalized spacial score (nSPS) is 13.1. The molecule has 0 bridgehead atoms. The molecule has 11 aromatic rings. The van der Waals surface area contributed by atoms with Crippen molar-refractivity contribution >= 4 is 68.2 Å². The Bertz CT molecular complexity index is 3650. The SMILES string of the molecule is c1ccc(N(c2ccccc2)c2ccc(N(c3ccccc3)c3ccc(-c4ccc(N(c5ccccc5)c5ccc(N(c6ccccc6)c6ccc7c(c6)C6(CCCCC6)c6ccccc6-7)cc5)cc4)cc3)cc2)cc1. The second-order valence-corrected chi connectivity index (χ2v) is 20.1. The molecule has 0 saturated heterocycles. The lowest BCUT2D eigenvalue weighted by atomic mass is 9.68. The highest BCUT2D eigenvalue weighted by molar-refractivity contribution is 5.88. The minimum absolute atomic E-state index is 0.0783. The minimum Gasteiger partial charge on any atom is -0.311 e. The van der Waals surface area contributed by atoms with Gasteiger partial charge in [-0.2, -0.15) is 0 Å². The van der Waals surface area contributed by atoms with Gasteiger partial charge >= 0.3 is 0 Å². The van der Waals surface area contributed by atoms with Crippen molar-refractivity contribution in [1.29, 1.82) is 0 Å². The van der Waals surface area contributed by atoms with E-state index in [1.54, 1.807) is 0 Å². The van der Waals surface area contributed by atoms with Crippen LogP contribution in [0, 0.1) is 0 Å². The van der Waals surface area contributed by atoms with Crippen LogP contribution in [0.5, 0.6) is 0 Å². The van der Waals surface area contributed by atoms with Gasteiger partial charge in [-0.25, -0.2) is 0 Å². The molecule has 0 atom stereocenters. The van der Waals surface area contributed by atoms with Gasteiger partial charge in [-0.3, -0.25) is 0 Å². The molecule has 366 valence electrons. The zero-order chi connectivity index (χ0) is 50.7. The van der Waals surface area contributed by atoms with Gasteiger partial charge in [-0.1, -0.05) is 165 Å². The number of benzene rings is 11. The minimum atomic E-state index is 0.0783. The van der Waals surface area contributed by atoms with Crippen molar-refractivity contribution in [3.8, 4) is 22.3 Å². The number of hydrogen-bond donors (Lipinski definition) is 0. The first-order valence-electron chi connectivity index (χ1n) is 26.8. The Morgan fingerprint density at radius 3 is 0.829 bits per heavy atom. The Morgan fingerprint density at radius 2 is 0.474 bits per heavy atom. The highest BCUT2D eigenvalue weighted by atomic mass is 15.2. The summed E-state index contributed by atoms with van der Waals surface area (Å²) < 4.78 is 0. The molecule has 1 fully saturated rings. The summed E-state index contributed by atoms with van der Waals surface area (Å²) in [6.45, 7) is 0. The van der Waals surface area contributed by atoms with Crippen molar-refractivity contribution in [1.82, 2.24) is 0 Å². The lowest BCUT2D eigenvalue weighted by Gasteiger charge is -2.36. The fraction of sp³-hybridized carbons (Fsp3) is 0.0833. The van der Waals surface area contributed by atoms with Crippen LogP contribution in [0.25, 0.3) is 22.3 Å².